The van der Waals surface area contributed by atoms with E-state index in [0.29, 0.717) is 26.3 Å². The van der Waals surface area contributed by atoms with Gasteiger partial charge in [0, 0.05) is 6.08 Å². The van der Waals surface area contributed by atoms with Crippen molar-refractivity contribution in [3.05, 3.63) is 24.3 Å². The van der Waals surface area contributed by atoms with E-state index in [-0.39, 0.29) is 5.57 Å². The molecule has 16 heavy (non-hydrogen) atoms. The number of hydrogen-bond donors (Lipinski definition) is 1. The molecule has 0 saturated carbocycles. The van der Waals surface area contributed by atoms with Crippen molar-refractivity contribution >= 4 is 11.9 Å². The highest BCUT2D eigenvalue weighted by molar-refractivity contribution is 5.92. The Morgan fingerprint density at radius 2 is 1.94 bits per heavy atom. The summed E-state index contributed by atoms with van der Waals surface area (Å²) < 4.78 is 5.07. The van der Waals surface area contributed by atoms with E-state index in [1.54, 1.807) is 0 Å². The zero-order valence-electron chi connectivity index (χ0n) is 8.72. The van der Waals surface area contributed by atoms with E-state index in [1.807, 2.05) is 0 Å². The predicted molar refractivity (Wildman–Crippen MR) is 54.4 cm³/mol. The molecule has 0 unspecified atom stereocenters. The number of carboxylic acid groups (broad SMARTS) is 1. The smallest absolute Gasteiger partial charge is 0.356 e. The number of morpholine rings is 1. The summed E-state index contributed by atoms with van der Waals surface area (Å²) in [5.41, 5.74) is -0.00566. The molecule has 1 N–H and O–H groups in total. The van der Waals surface area contributed by atoms with Crippen LogP contribution in [0.4, 0.5) is 0 Å². The fraction of sp³-hybridized carbons (Fsp3) is 0.400. The van der Waals surface area contributed by atoms with Gasteiger partial charge in [0.15, 0.2) is 0 Å². The summed E-state index contributed by atoms with van der Waals surface area (Å²) in [6, 6.07) is 0. The molecular formula is C10H13NO5. The summed E-state index contributed by atoms with van der Waals surface area (Å²) in [5.74, 6) is -1.79. The second-order valence-electron chi connectivity index (χ2n) is 3.12. The van der Waals surface area contributed by atoms with Crippen molar-refractivity contribution in [2.24, 2.45) is 0 Å². The van der Waals surface area contributed by atoms with E-state index in [0.717, 1.165) is 12.2 Å². The highest BCUT2D eigenvalue weighted by Gasteiger charge is 2.16. The average molecular weight is 227 g/mol. The van der Waals surface area contributed by atoms with Crippen molar-refractivity contribution in [3.8, 4) is 0 Å². The molecule has 0 bridgehead atoms. The molecule has 0 atom stereocenters. The SMILES string of the molecule is C=C(C=CC(=O)O)C(=O)ON1CCOCC1. The molecule has 6 nitrogen and oxygen atoms in total. The van der Waals surface area contributed by atoms with Crippen LogP contribution < -0.4 is 0 Å². The molecule has 0 aromatic heterocycles. The molecule has 0 spiro atoms. The van der Waals surface area contributed by atoms with Crippen LogP contribution in [0.3, 0.4) is 0 Å². The van der Waals surface area contributed by atoms with Crippen LogP contribution in [0, 0.1) is 0 Å². The summed E-state index contributed by atoms with van der Waals surface area (Å²) in [6.07, 6.45) is 1.94. The second kappa shape index (κ2) is 6.04. The third-order valence-corrected chi connectivity index (χ3v) is 1.87. The van der Waals surface area contributed by atoms with Crippen LogP contribution in [0.5, 0.6) is 0 Å². The van der Waals surface area contributed by atoms with Crippen LogP contribution in [0.1, 0.15) is 0 Å². The van der Waals surface area contributed by atoms with Crippen LogP contribution in [-0.4, -0.2) is 48.4 Å². The van der Waals surface area contributed by atoms with Gasteiger partial charge in [0.1, 0.15) is 0 Å². The number of carbonyl (C=O) groups excluding carboxylic acids is 1. The molecule has 1 fully saturated rings. The molecule has 0 aliphatic carbocycles. The fourth-order valence-corrected chi connectivity index (χ4v) is 1.05. The van der Waals surface area contributed by atoms with Gasteiger partial charge >= 0.3 is 11.9 Å². The molecule has 1 aliphatic heterocycles. The normalized spacial score (nSPS) is 17.2. The van der Waals surface area contributed by atoms with Gasteiger partial charge in [-0.15, -0.1) is 5.06 Å². The van der Waals surface area contributed by atoms with Crippen LogP contribution in [0.2, 0.25) is 0 Å². The first-order chi connectivity index (χ1) is 7.59. The molecule has 1 aliphatic rings. The van der Waals surface area contributed by atoms with Crippen LogP contribution in [-0.2, 0) is 19.2 Å². The maximum Gasteiger partial charge on any atom is 0.356 e. The standard InChI is InChI=1S/C10H13NO5/c1-8(2-3-9(12)13)10(14)16-11-4-6-15-7-5-11/h2-3H,1,4-7H2,(H,12,13). The highest BCUT2D eigenvalue weighted by atomic mass is 16.7. The Morgan fingerprint density at radius 1 is 1.31 bits per heavy atom. The lowest BCUT2D eigenvalue weighted by Crippen LogP contribution is -2.38. The second-order valence-corrected chi connectivity index (χ2v) is 3.12. The topological polar surface area (TPSA) is 76.1 Å². The lowest BCUT2D eigenvalue weighted by atomic mass is 10.3. The molecule has 88 valence electrons. The van der Waals surface area contributed by atoms with Crippen molar-refractivity contribution in [2.45, 2.75) is 0 Å². The monoisotopic (exact) mass is 227 g/mol. The maximum absolute atomic E-state index is 11.4. The summed E-state index contributed by atoms with van der Waals surface area (Å²) in [6.45, 7) is 5.42. The third-order valence-electron chi connectivity index (χ3n) is 1.87. The first kappa shape index (κ1) is 12.4. The van der Waals surface area contributed by atoms with E-state index >= 15 is 0 Å². The van der Waals surface area contributed by atoms with E-state index in [9.17, 15) is 9.59 Å². The predicted octanol–water partition coefficient (Wildman–Crippen LogP) is -0.0262. The zero-order valence-corrected chi connectivity index (χ0v) is 8.72. The summed E-state index contributed by atoms with van der Waals surface area (Å²) >= 11 is 0. The first-order valence-corrected chi connectivity index (χ1v) is 4.74. The fourth-order valence-electron chi connectivity index (χ4n) is 1.05. The van der Waals surface area contributed by atoms with Gasteiger partial charge in [0.2, 0.25) is 0 Å². The lowest BCUT2D eigenvalue weighted by Gasteiger charge is -2.24. The highest BCUT2D eigenvalue weighted by Crippen LogP contribution is 2.03. The Labute approximate surface area is 92.7 Å². The quantitative estimate of drug-likeness (QED) is 0.537. The molecule has 0 amide bonds. The third kappa shape index (κ3) is 4.24. The zero-order chi connectivity index (χ0) is 12.0. The van der Waals surface area contributed by atoms with Crippen molar-refractivity contribution in [2.75, 3.05) is 26.3 Å². The van der Waals surface area contributed by atoms with E-state index in [1.165, 1.54) is 5.06 Å². The molecule has 1 rings (SSSR count). The van der Waals surface area contributed by atoms with Crippen molar-refractivity contribution < 1.29 is 24.3 Å². The van der Waals surface area contributed by atoms with Gasteiger partial charge in [-0.1, -0.05) is 6.58 Å². The van der Waals surface area contributed by atoms with E-state index in [2.05, 4.69) is 6.58 Å². The van der Waals surface area contributed by atoms with Crippen molar-refractivity contribution in [3.63, 3.8) is 0 Å². The van der Waals surface area contributed by atoms with Gasteiger partial charge in [-0.05, 0) is 6.08 Å². The number of aliphatic carboxylic acids is 1. The average Bonchev–Trinajstić information content (AvgIpc) is 2.27. The number of nitrogens with zero attached hydrogens (tertiary/aromatic N) is 1. The van der Waals surface area contributed by atoms with Crippen molar-refractivity contribution in [1.29, 1.82) is 0 Å². The molecule has 1 saturated heterocycles. The van der Waals surface area contributed by atoms with Crippen LogP contribution in [0.25, 0.3) is 0 Å². The molecule has 0 aromatic carbocycles. The van der Waals surface area contributed by atoms with E-state index < -0.39 is 11.9 Å². The Hall–Kier alpha value is -1.66. The molecular weight excluding hydrogens is 214 g/mol. The van der Waals surface area contributed by atoms with Crippen LogP contribution >= 0.6 is 0 Å². The lowest BCUT2D eigenvalue weighted by molar-refractivity contribution is -0.200. The Kier molecular flexibility index (Phi) is 4.68. The maximum atomic E-state index is 11.4. The Balaban J connectivity index is 2.38. The Bertz CT molecular complexity index is 317. The molecule has 1 heterocycles. The number of rotatable bonds is 4. The Morgan fingerprint density at radius 3 is 2.50 bits per heavy atom. The van der Waals surface area contributed by atoms with E-state index in [4.69, 9.17) is 14.7 Å². The minimum absolute atomic E-state index is 0.00566. The van der Waals surface area contributed by atoms with Gasteiger partial charge in [-0.3, -0.25) is 0 Å². The van der Waals surface area contributed by atoms with Gasteiger partial charge in [0.05, 0.1) is 31.9 Å². The van der Waals surface area contributed by atoms with Crippen LogP contribution in [0.15, 0.2) is 24.3 Å². The minimum Gasteiger partial charge on any atom is -0.478 e. The number of hydrogen-bond acceptors (Lipinski definition) is 5. The van der Waals surface area contributed by atoms with Gasteiger partial charge < -0.3 is 14.7 Å². The van der Waals surface area contributed by atoms with Gasteiger partial charge in [-0.2, -0.15) is 0 Å². The number of carbonyl (C=O) groups is 2. The number of hydroxylamine groups is 2. The summed E-state index contributed by atoms with van der Waals surface area (Å²) in [7, 11) is 0. The summed E-state index contributed by atoms with van der Waals surface area (Å²) in [4.78, 5) is 26.5. The van der Waals surface area contributed by atoms with Gasteiger partial charge in [-0.25, -0.2) is 9.59 Å². The largest absolute Gasteiger partial charge is 0.478 e. The number of carboxylic acids is 1. The molecule has 0 radical (unpaired) electrons. The number of ether oxygens (including phenoxy) is 1. The summed E-state index contributed by atoms with van der Waals surface area (Å²) in [5, 5.41) is 9.82. The molecule has 0 aromatic rings. The minimum atomic E-state index is -1.14. The van der Waals surface area contributed by atoms with Crippen molar-refractivity contribution in [1.82, 2.24) is 5.06 Å². The molecule has 6 heteroatoms. The van der Waals surface area contributed by atoms with Gasteiger partial charge in [0.25, 0.3) is 0 Å². The first-order valence-electron chi connectivity index (χ1n) is 4.74.